The number of rotatable bonds is 9. The van der Waals surface area contributed by atoms with Gasteiger partial charge in [-0.25, -0.2) is 0 Å². The third-order valence-electron chi connectivity index (χ3n) is 6.14. The molecule has 9 heteroatoms. The molecule has 2 aliphatic rings. The van der Waals surface area contributed by atoms with Crippen LogP contribution in [0.2, 0.25) is 0 Å². The van der Waals surface area contributed by atoms with Gasteiger partial charge in [0.2, 0.25) is 0 Å². The van der Waals surface area contributed by atoms with Crippen molar-refractivity contribution in [1.29, 1.82) is 0 Å². The number of halogens is 1. The van der Waals surface area contributed by atoms with Crippen LogP contribution in [0.15, 0.2) is 22.5 Å². The summed E-state index contributed by atoms with van der Waals surface area (Å²) in [6.07, 6.45) is 0. The van der Waals surface area contributed by atoms with Gasteiger partial charge in [0.1, 0.15) is 0 Å². The molecular weight excluding hydrogens is 523 g/mol. The summed E-state index contributed by atoms with van der Waals surface area (Å²) in [5.74, 6) is 1.48. The van der Waals surface area contributed by atoms with E-state index in [4.69, 9.17) is 4.74 Å². The molecule has 0 aliphatic carbocycles. The predicted octanol–water partition coefficient (Wildman–Crippen LogP) is 2.18. The van der Waals surface area contributed by atoms with Gasteiger partial charge in [-0.15, -0.1) is 35.3 Å². The molecule has 7 nitrogen and oxygen atoms in total. The number of likely N-dealkylation sites (N-methyl/N-ethyl adjacent to an activating group) is 1. The molecule has 1 aromatic heterocycles. The van der Waals surface area contributed by atoms with E-state index in [1.807, 2.05) is 18.4 Å². The Morgan fingerprint density at radius 1 is 1.10 bits per heavy atom. The minimum atomic E-state index is 0. The maximum atomic E-state index is 5.55. The summed E-state index contributed by atoms with van der Waals surface area (Å²) in [7, 11) is 1.86. The highest BCUT2D eigenvalue weighted by Gasteiger charge is 2.24. The fourth-order valence-electron chi connectivity index (χ4n) is 4.26. The third-order valence-corrected chi connectivity index (χ3v) is 7.12. The molecule has 0 spiro atoms. The normalized spacial score (nSPS) is 21.3. The van der Waals surface area contributed by atoms with Crippen LogP contribution in [0.1, 0.15) is 24.8 Å². The van der Waals surface area contributed by atoms with Crippen molar-refractivity contribution in [3.63, 3.8) is 0 Å². The summed E-state index contributed by atoms with van der Waals surface area (Å²) in [6.45, 7) is 17.1. The first-order chi connectivity index (χ1) is 14.7. The number of guanidine groups is 1. The van der Waals surface area contributed by atoms with Crippen molar-refractivity contribution in [3.05, 3.63) is 22.4 Å². The number of aliphatic imine (C=N–C) groups is 1. The number of nitrogens with one attached hydrogen (secondary N) is 2. The Balaban J connectivity index is 0.00000341. The van der Waals surface area contributed by atoms with E-state index in [1.165, 1.54) is 37.6 Å². The van der Waals surface area contributed by atoms with E-state index in [0.717, 1.165) is 51.9 Å². The van der Waals surface area contributed by atoms with Crippen LogP contribution in [0.4, 0.5) is 0 Å². The average Bonchev–Trinajstić information content (AvgIpc) is 3.32. The summed E-state index contributed by atoms with van der Waals surface area (Å²) in [6, 6.07) is 4.74. The molecule has 2 aliphatic heterocycles. The second-order valence-electron chi connectivity index (χ2n) is 8.35. The summed E-state index contributed by atoms with van der Waals surface area (Å²) in [5, 5.41) is 9.28. The number of thiophene rings is 1. The molecule has 0 amide bonds. The van der Waals surface area contributed by atoms with Crippen LogP contribution in [0.5, 0.6) is 0 Å². The fourth-order valence-corrected chi connectivity index (χ4v) is 5.12. The van der Waals surface area contributed by atoms with Crippen molar-refractivity contribution in [3.8, 4) is 0 Å². The Morgan fingerprint density at radius 2 is 1.77 bits per heavy atom. The van der Waals surface area contributed by atoms with Crippen molar-refractivity contribution in [2.75, 3.05) is 85.7 Å². The molecule has 1 aromatic rings. The molecule has 3 heterocycles. The molecule has 2 N–H and O–H groups in total. The van der Waals surface area contributed by atoms with E-state index in [1.54, 1.807) is 0 Å². The summed E-state index contributed by atoms with van der Waals surface area (Å²) >= 11 is 1.83. The van der Waals surface area contributed by atoms with Crippen molar-refractivity contribution < 1.29 is 4.74 Å². The number of piperazine rings is 1. The number of morpholine rings is 1. The molecular formula is C22H41IN6OS. The maximum Gasteiger partial charge on any atom is 0.191 e. The molecule has 31 heavy (non-hydrogen) atoms. The minimum Gasteiger partial charge on any atom is -0.379 e. The smallest absolute Gasteiger partial charge is 0.191 e. The lowest BCUT2D eigenvalue weighted by Crippen LogP contribution is -2.49. The Bertz CT molecular complexity index is 618. The van der Waals surface area contributed by atoms with Crippen LogP contribution in [0.25, 0.3) is 0 Å². The lowest BCUT2D eigenvalue weighted by molar-refractivity contribution is 0.0177. The van der Waals surface area contributed by atoms with Gasteiger partial charge < -0.3 is 25.2 Å². The van der Waals surface area contributed by atoms with Crippen LogP contribution < -0.4 is 10.6 Å². The number of ether oxygens (including phenoxy) is 1. The lowest BCUT2D eigenvalue weighted by Gasteiger charge is -2.35. The average molecular weight is 565 g/mol. The van der Waals surface area contributed by atoms with Gasteiger partial charge in [-0.1, -0.05) is 19.9 Å². The summed E-state index contributed by atoms with van der Waals surface area (Å²) in [5.41, 5.74) is 0. The van der Waals surface area contributed by atoms with Crippen molar-refractivity contribution in [2.45, 2.75) is 19.9 Å². The molecule has 0 aromatic carbocycles. The monoisotopic (exact) mass is 564 g/mol. The molecule has 0 bridgehead atoms. The van der Waals surface area contributed by atoms with Gasteiger partial charge >= 0.3 is 0 Å². The first-order valence-electron chi connectivity index (χ1n) is 11.4. The number of hydrogen-bond acceptors (Lipinski definition) is 6. The fraction of sp³-hybridized carbons (Fsp3) is 0.773. The van der Waals surface area contributed by atoms with E-state index in [9.17, 15) is 0 Å². The molecule has 0 radical (unpaired) electrons. The first kappa shape index (κ1) is 26.8. The van der Waals surface area contributed by atoms with E-state index in [2.05, 4.69) is 61.7 Å². The quantitative estimate of drug-likeness (QED) is 0.273. The molecule has 3 rings (SSSR count). The Morgan fingerprint density at radius 3 is 2.39 bits per heavy atom. The Kier molecular flexibility index (Phi) is 12.7. The van der Waals surface area contributed by atoms with Gasteiger partial charge in [-0.05, 0) is 23.9 Å². The first-order valence-corrected chi connectivity index (χ1v) is 12.3. The zero-order valence-electron chi connectivity index (χ0n) is 19.4. The molecule has 2 fully saturated rings. The standard InChI is InChI=1S/C22H40N6OS.HI/c1-4-26-7-9-27(10-8-26)18-19(2)16-24-22(23-3)25-17-20(21-6-5-15-30-21)28-11-13-29-14-12-28;/h5-6,15,19-20H,4,7-14,16-18H2,1-3H3,(H2,23,24,25);1H. The zero-order chi connectivity index (χ0) is 21.2. The van der Waals surface area contributed by atoms with E-state index in [-0.39, 0.29) is 24.0 Å². The molecule has 0 saturated carbocycles. The molecule has 178 valence electrons. The van der Waals surface area contributed by atoms with Gasteiger partial charge in [0.25, 0.3) is 0 Å². The van der Waals surface area contributed by atoms with Crippen LogP contribution in [-0.4, -0.2) is 106 Å². The Labute approximate surface area is 209 Å². The van der Waals surface area contributed by atoms with Gasteiger partial charge in [-0.3, -0.25) is 9.89 Å². The summed E-state index contributed by atoms with van der Waals surface area (Å²) < 4.78 is 5.55. The number of nitrogens with zero attached hydrogens (tertiary/aromatic N) is 4. The number of hydrogen-bond donors (Lipinski definition) is 2. The van der Waals surface area contributed by atoms with E-state index < -0.39 is 0 Å². The van der Waals surface area contributed by atoms with E-state index >= 15 is 0 Å². The van der Waals surface area contributed by atoms with Gasteiger partial charge in [0.05, 0.1) is 19.3 Å². The highest BCUT2D eigenvalue weighted by Crippen LogP contribution is 2.25. The molecule has 2 unspecified atom stereocenters. The second-order valence-corrected chi connectivity index (χ2v) is 9.33. The lowest BCUT2D eigenvalue weighted by atomic mass is 10.1. The Hall–Kier alpha value is -0.460. The maximum absolute atomic E-state index is 5.55. The molecule has 2 saturated heterocycles. The van der Waals surface area contributed by atoms with Gasteiger partial charge in [-0.2, -0.15) is 0 Å². The van der Waals surface area contributed by atoms with Crippen LogP contribution >= 0.6 is 35.3 Å². The van der Waals surface area contributed by atoms with Crippen molar-refractivity contribution >= 4 is 41.3 Å². The summed E-state index contributed by atoms with van der Waals surface area (Å²) in [4.78, 5) is 13.5. The zero-order valence-corrected chi connectivity index (χ0v) is 22.5. The SMILES string of the molecule is CCN1CCN(CC(C)CNC(=NC)NCC(c2cccs2)N2CCOCC2)CC1.I. The van der Waals surface area contributed by atoms with Crippen molar-refractivity contribution in [1.82, 2.24) is 25.3 Å². The second kappa shape index (κ2) is 14.6. The minimum absolute atomic E-state index is 0. The predicted molar refractivity (Wildman–Crippen MR) is 142 cm³/mol. The highest BCUT2D eigenvalue weighted by atomic mass is 127. The third kappa shape index (κ3) is 8.77. The topological polar surface area (TPSA) is 55.4 Å². The van der Waals surface area contributed by atoms with E-state index in [0.29, 0.717) is 12.0 Å². The molecule has 2 atom stereocenters. The van der Waals surface area contributed by atoms with Crippen LogP contribution in [0.3, 0.4) is 0 Å². The highest BCUT2D eigenvalue weighted by molar-refractivity contribution is 14.0. The van der Waals surface area contributed by atoms with Crippen molar-refractivity contribution in [2.24, 2.45) is 10.9 Å². The van der Waals surface area contributed by atoms with Crippen LogP contribution in [0, 0.1) is 5.92 Å². The van der Waals surface area contributed by atoms with Gasteiger partial charge in [0, 0.05) is 70.8 Å². The van der Waals surface area contributed by atoms with Gasteiger partial charge in [0.15, 0.2) is 5.96 Å². The van der Waals surface area contributed by atoms with Crippen LogP contribution in [-0.2, 0) is 4.74 Å². The largest absolute Gasteiger partial charge is 0.379 e.